The molecule has 1 rings (SSSR count). The van der Waals surface area contributed by atoms with E-state index in [1.807, 2.05) is 18.2 Å². The summed E-state index contributed by atoms with van der Waals surface area (Å²) in [4.78, 5) is 13.4. The minimum absolute atomic E-state index is 0.349. The molecule has 5 heteroatoms. The van der Waals surface area contributed by atoms with E-state index in [2.05, 4.69) is 0 Å². The summed E-state index contributed by atoms with van der Waals surface area (Å²) in [6, 6.07) is 7.31. The molecule has 0 saturated carbocycles. The fourth-order valence-corrected chi connectivity index (χ4v) is 1.55. The number of nitrogens with two attached hydrogens (primary N) is 1. The Bertz CT molecular complexity index is 382. The van der Waals surface area contributed by atoms with Gasteiger partial charge in [-0.1, -0.05) is 6.07 Å². The Morgan fingerprint density at radius 1 is 1.44 bits per heavy atom. The van der Waals surface area contributed by atoms with Gasteiger partial charge in [0.15, 0.2) is 0 Å². The number of carbonyl (C=O) groups excluding carboxylic acids is 1. The summed E-state index contributed by atoms with van der Waals surface area (Å²) in [7, 11) is 1.59. The van der Waals surface area contributed by atoms with Gasteiger partial charge < -0.3 is 15.2 Å². The number of nitrogens with zero attached hydrogens (tertiary/aromatic N) is 1. The number of ether oxygens (including phenoxy) is 2. The van der Waals surface area contributed by atoms with Gasteiger partial charge in [0, 0.05) is 12.6 Å². The van der Waals surface area contributed by atoms with Crippen LogP contribution in [0.5, 0.6) is 5.75 Å². The molecular formula is C13H20N2O3. The molecule has 0 saturated heterocycles. The first-order valence-corrected chi connectivity index (χ1v) is 6.01. The first kappa shape index (κ1) is 14.3. The van der Waals surface area contributed by atoms with Gasteiger partial charge in [-0.15, -0.1) is 0 Å². The Balaban J connectivity index is 2.89. The van der Waals surface area contributed by atoms with Crippen LogP contribution in [-0.4, -0.2) is 32.9 Å². The van der Waals surface area contributed by atoms with Gasteiger partial charge >= 0.3 is 6.09 Å². The van der Waals surface area contributed by atoms with Gasteiger partial charge in [0.25, 0.3) is 0 Å². The highest BCUT2D eigenvalue weighted by Gasteiger charge is 2.16. The van der Waals surface area contributed by atoms with Crippen molar-refractivity contribution < 1.29 is 14.3 Å². The Morgan fingerprint density at radius 3 is 2.83 bits per heavy atom. The highest BCUT2D eigenvalue weighted by atomic mass is 16.6. The van der Waals surface area contributed by atoms with Gasteiger partial charge in [-0.2, -0.15) is 0 Å². The van der Waals surface area contributed by atoms with Crippen LogP contribution in [-0.2, 0) is 4.74 Å². The Morgan fingerprint density at radius 2 is 2.22 bits per heavy atom. The summed E-state index contributed by atoms with van der Waals surface area (Å²) in [6.45, 7) is 3.19. The maximum Gasteiger partial charge on any atom is 0.414 e. The van der Waals surface area contributed by atoms with E-state index in [-0.39, 0.29) is 6.09 Å². The van der Waals surface area contributed by atoms with Crippen LogP contribution in [0.4, 0.5) is 10.5 Å². The van der Waals surface area contributed by atoms with Crippen molar-refractivity contribution in [2.75, 3.05) is 31.7 Å². The van der Waals surface area contributed by atoms with Crippen molar-refractivity contribution in [1.29, 1.82) is 0 Å². The number of anilines is 1. The molecule has 0 aromatic heterocycles. The zero-order valence-electron chi connectivity index (χ0n) is 10.9. The highest BCUT2D eigenvalue weighted by Crippen LogP contribution is 2.21. The lowest BCUT2D eigenvalue weighted by Gasteiger charge is -2.22. The molecule has 1 aromatic rings. The van der Waals surface area contributed by atoms with Crippen molar-refractivity contribution in [3.8, 4) is 5.75 Å². The quantitative estimate of drug-likeness (QED) is 0.841. The zero-order chi connectivity index (χ0) is 13.4. The van der Waals surface area contributed by atoms with Gasteiger partial charge in [0.1, 0.15) is 5.75 Å². The topological polar surface area (TPSA) is 64.8 Å². The normalized spacial score (nSPS) is 9.94. The van der Waals surface area contributed by atoms with Crippen LogP contribution < -0.4 is 15.4 Å². The summed E-state index contributed by atoms with van der Waals surface area (Å²) in [5.74, 6) is 0.703. The van der Waals surface area contributed by atoms with Crippen molar-refractivity contribution in [3.63, 3.8) is 0 Å². The molecule has 0 aliphatic heterocycles. The van der Waals surface area contributed by atoms with Crippen molar-refractivity contribution in [3.05, 3.63) is 24.3 Å². The van der Waals surface area contributed by atoms with Crippen molar-refractivity contribution >= 4 is 11.8 Å². The Kier molecular flexibility index (Phi) is 6.00. The first-order valence-electron chi connectivity index (χ1n) is 6.01. The predicted octanol–water partition coefficient (Wildman–Crippen LogP) is 2.01. The predicted molar refractivity (Wildman–Crippen MR) is 71.0 cm³/mol. The third kappa shape index (κ3) is 3.92. The second-order valence-corrected chi connectivity index (χ2v) is 3.69. The number of hydrogen-bond acceptors (Lipinski definition) is 4. The molecule has 0 unspecified atom stereocenters. The fourth-order valence-electron chi connectivity index (χ4n) is 1.55. The lowest BCUT2D eigenvalue weighted by Crippen LogP contribution is -2.33. The molecule has 2 N–H and O–H groups in total. The Labute approximate surface area is 107 Å². The number of hydrogen-bond donors (Lipinski definition) is 1. The maximum atomic E-state index is 11.9. The third-order valence-electron chi connectivity index (χ3n) is 2.44. The molecule has 100 valence electrons. The summed E-state index contributed by atoms with van der Waals surface area (Å²) < 4.78 is 10.2. The van der Waals surface area contributed by atoms with Crippen LogP contribution in [0.2, 0.25) is 0 Å². The van der Waals surface area contributed by atoms with E-state index in [1.165, 1.54) is 0 Å². The standard InChI is InChI=1S/C13H20N2O3/c1-3-18-13(16)15(9-5-8-14)11-6-4-7-12(10-11)17-2/h4,6-7,10H,3,5,8-9,14H2,1-2H3. The molecule has 1 aromatic carbocycles. The van der Waals surface area contributed by atoms with E-state index in [1.54, 1.807) is 25.0 Å². The van der Waals surface area contributed by atoms with E-state index >= 15 is 0 Å². The average Bonchev–Trinajstić information content (AvgIpc) is 2.40. The molecule has 0 aliphatic carbocycles. The van der Waals surface area contributed by atoms with Gasteiger partial charge in [0.2, 0.25) is 0 Å². The van der Waals surface area contributed by atoms with Gasteiger partial charge in [-0.3, -0.25) is 4.90 Å². The maximum absolute atomic E-state index is 11.9. The van der Waals surface area contributed by atoms with Crippen molar-refractivity contribution in [2.24, 2.45) is 5.73 Å². The minimum atomic E-state index is -0.362. The molecule has 18 heavy (non-hydrogen) atoms. The molecule has 0 spiro atoms. The van der Waals surface area contributed by atoms with Crippen molar-refractivity contribution in [2.45, 2.75) is 13.3 Å². The summed E-state index contributed by atoms with van der Waals surface area (Å²) >= 11 is 0. The molecule has 0 aliphatic rings. The average molecular weight is 252 g/mol. The largest absolute Gasteiger partial charge is 0.497 e. The molecular weight excluding hydrogens is 232 g/mol. The monoisotopic (exact) mass is 252 g/mol. The van der Waals surface area contributed by atoms with Crippen molar-refractivity contribution in [1.82, 2.24) is 0 Å². The summed E-state index contributed by atoms with van der Waals surface area (Å²) in [6.07, 6.45) is 0.356. The van der Waals surface area contributed by atoms with Crippen LogP contribution in [0.15, 0.2) is 24.3 Å². The van der Waals surface area contributed by atoms with E-state index in [0.29, 0.717) is 25.4 Å². The number of carbonyl (C=O) groups is 1. The molecule has 0 atom stereocenters. The van der Waals surface area contributed by atoms with Gasteiger partial charge in [0.05, 0.1) is 19.4 Å². The second kappa shape index (κ2) is 7.55. The smallest absolute Gasteiger partial charge is 0.414 e. The minimum Gasteiger partial charge on any atom is -0.497 e. The van der Waals surface area contributed by atoms with Crippen LogP contribution in [0, 0.1) is 0 Å². The summed E-state index contributed by atoms with van der Waals surface area (Å²) in [5.41, 5.74) is 6.23. The van der Waals surface area contributed by atoms with Gasteiger partial charge in [-0.05, 0) is 32.0 Å². The molecule has 0 heterocycles. The lowest BCUT2D eigenvalue weighted by atomic mass is 10.2. The number of benzene rings is 1. The molecule has 1 amide bonds. The number of amides is 1. The zero-order valence-corrected chi connectivity index (χ0v) is 10.9. The highest BCUT2D eigenvalue weighted by molar-refractivity contribution is 5.87. The van der Waals surface area contributed by atoms with E-state index in [4.69, 9.17) is 15.2 Å². The molecule has 0 bridgehead atoms. The van der Waals surface area contributed by atoms with Crippen LogP contribution in [0.3, 0.4) is 0 Å². The lowest BCUT2D eigenvalue weighted by molar-refractivity contribution is 0.159. The molecule has 0 radical (unpaired) electrons. The van der Waals surface area contributed by atoms with E-state index in [0.717, 1.165) is 12.1 Å². The number of methoxy groups -OCH3 is 1. The number of rotatable bonds is 6. The van der Waals surface area contributed by atoms with E-state index in [9.17, 15) is 4.79 Å². The summed E-state index contributed by atoms with van der Waals surface area (Å²) in [5, 5.41) is 0. The van der Waals surface area contributed by atoms with Crippen LogP contribution in [0.1, 0.15) is 13.3 Å². The second-order valence-electron chi connectivity index (χ2n) is 3.69. The Hall–Kier alpha value is -1.75. The van der Waals surface area contributed by atoms with Crippen LogP contribution >= 0.6 is 0 Å². The first-order chi connectivity index (χ1) is 8.72. The van der Waals surface area contributed by atoms with Crippen LogP contribution in [0.25, 0.3) is 0 Å². The molecule has 5 nitrogen and oxygen atoms in total. The SMILES string of the molecule is CCOC(=O)N(CCCN)c1cccc(OC)c1. The van der Waals surface area contributed by atoms with E-state index < -0.39 is 0 Å². The van der Waals surface area contributed by atoms with Gasteiger partial charge in [-0.25, -0.2) is 4.79 Å². The molecule has 0 fully saturated rings. The fraction of sp³-hybridized carbons (Fsp3) is 0.462. The third-order valence-corrected chi connectivity index (χ3v) is 2.44.